The molecule has 2 aliphatic rings. The van der Waals surface area contributed by atoms with Crippen LogP contribution < -0.4 is 21.1 Å². The zero-order valence-electron chi connectivity index (χ0n) is 11.6. The van der Waals surface area contributed by atoms with Crippen molar-refractivity contribution in [2.75, 3.05) is 37.7 Å². The second kappa shape index (κ2) is 4.58. The molecule has 1 aromatic carbocycles. The lowest BCUT2D eigenvalue weighted by Crippen LogP contribution is -2.52. The van der Waals surface area contributed by atoms with E-state index in [9.17, 15) is 0 Å². The van der Waals surface area contributed by atoms with Gasteiger partial charge >= 0.3 is 0 Å². The molecule has 19 heavy (non-hydrogen) atoms. The number of rotatable bonds is 3. The lowest BCUT2D eigenvalue weighted by atomic mass is 10.1. The Labute approximate surface area is 114 Å². The molecule has 1 aromatic rings. The van der Waals surface area contributed by atoms with Crippen molar-refractivity contribution < 1.29 is 4.74 Å². The van der Waals surface area contributed by atoms with E-state index >= 15 is 0 Å². The molecule has 5 heteroatoms. The molecule has 3 rings (SSSR count). The Balaban J connectivity index is 1.60. The SMILES string of the molecule is CN1CCC(CNC2(C)Nc3cc(N)ccc3O2)C1. The second-order valence-corrected chi connectivity index (χ2v) is 5.81. The fraction of sp³-hybridized carbons (Fsp3) is 0.571. The summed E-state index contributed by atoms with van der Waals surface area (Å²) in [5.74, 6) is 1.02. The quantitative estimate of drug-likeness (QED) is 0.716. The van der Waals surface area contributed by atoms with Crippen LogP contribution in [-0.4, -0.2) is 37.4 Å². The second-order valence-electron chi connectivity index (χ2n) is 5.81. The maximum absolute atomic E-state index is 5.94. The third-order valence-electron chi connectivity index (χ3n) is 3.91. The highest BCUT2D eigenvalue weighted by Crippen LogP contribution is 2.36. The Morgan fingerprint density at radius 3 is 3.16 bits per heavy atom. The van der Waals surface area contributed by atoms with Crippen LogP contribution >= 0.6 is 0 Å². The minimum atomic E-state index is -0.530. The van der Waals surface area contributed by atoms with E-state index in [1.807, 2.05) is 25.1 Å². The van der Waals surface area contributed by atoms with Crippen LogP contribution in [0, 0.1) is 5.92 Å². The summed E-state index contributed by atoms with van der Waals surface area (Å²) in [4.78, 5) is 2.37. The van der Waals surface area contributed by atoms with E-state index in [1.54, 1.807) is 0 Å². The summed E-state index contributed by atoms with van der Waals surface area (Å²) in [6.07, 6.45) is 1.25. The van der Waals surface area contributed by atoms with Crippen molar-refractivity contribution in [3.63, 3.8) is 0 Å². The van der Waals surface area contributed by atoms with Crippen molar-refractivity contribution in [1.82, 2.24) is 10.2 Å². The normalized spacial score (nSPS) is 29.9. The van der Waals surface area contributed by atoms with E-state index in [-0.39, 0.29) is 0 Å². The molecule has 0 bridgehead atoms. The third kappa shape index (κ3) is 2.62. The first kappa shape index (κ1) is 12.6. The van der Waals surface area contributed by atoms with Gasteiger partial charge in [-0.3, -0.25) is 5.32 Å². The maximum atomic E-state index is 5.94. The van der Waals surface area contributed by atoms with Crippen molar-refractivity contribution in [2.45, 2.75) is 19.2 Å². The average Bonchev–Trinajstić information content (AvgIpc) is 2.90. The fourth-order valence-corrected chi connectivity index (χ4v) is 2.85. The number of anilines is 2. The molecule has 1 saturated heterocycles. The van der Waals surface area contributed by atoms with Crippen LogP contribution in [0.1, 0.15) is 13.3 Å². The van der Waals surface area contributed by atoms with Crippen LogP contribution in [0.3, 0.4) is 0 Å². The Morgan fingerprint density at radius 1 is 1.58 bits per heavy atom. The molecule has 2 atom stereocenters. The number of hydrogen-bond donors (Lipinski definition) is 3. The van der Waals surface area contributed by atoms with Gasteiger partial charge in [-0.05, 0) is 44.1 Å². The molecule has 0 amide bonds. The van der Waals surface area contributed by atoms with Crippen molar-refractivity contribution in [3.8, 4) is 5.75 Å². The Morgan fingerprint density at radius 2 is 2.42 bits per heavy atom. The predicted octanol–water partition coefficient (Wildman–Crippen LogP) is 1.29. The van der Waals surface area contributed by atoms with Crippen LogP contribution in [0.2, 0.25) is 0 Å². The summed E-state index contributed by atoms with van der Waals surface area (Å²) in [5.41, 5.74) is 7.49. The zero-order valence-corrected chi connectivity index (χ0v) is 11.6. The number of nitrogens with two attached hydrogens (primary N) is 1. The number of benzene rings is 1. The standard InChI is InChI=1S/C14H22N4O/c1-14(16-8-10-5-6-18(2)9-10)17-12-7-11(15)3-4-13(12)19-14/h3-4,7,10,16-17H,5-6,8-9,15H2,1-2H3. The van der Waals surface area contributed by atoms with Gasteiger partial charge in [0.05, 0.1) is 5.69 Å². The lowest BCUT2D eigenvalue weighted by molar-refractivity contribution is 0.0943. The van der Waals surface area contributed by atoms with Gasteiger partial charge in [-0.1, -0.05) is 0 Å². The van der Waals surface area contributed by atoms with Crippen LogP contribution in [0.4, 0.5) is 11.4 Å². The predicted molar refractivity (Wildman–Crippen MR) is 77.1 cm³/mol. The molecule has 2 aliphatic heterocycles. The molecule has 2 unspecified atom stereocenters. The summed E-state index contributed by atoms with van der Waals surface area (Å²) in [7, 11) is 2.17. The van der Waals surface area contributed by atoms with E-state index in [1.165, 1.54) is 13.0 Å². The minimum Gasteiger partial charge on any atom is -0.453 e. The highest BCUT2D eigenvalue weighted by molar-refractivity contribution is 5.66. The Kier molecular flexibility index (Phi) is 3.03. The molecule has 5 nitrogen and oxygen atoms in total. The number of ether oxygens (including phenoxy) is 1. The number of nitrogens with zero attached hydrogens (tertiary/aromatic N) is 1. The molecule has 0 spiro atoms. The summed E-state index contributed by atoms with van der Waals surface area (Å²) in [6.45, 7) is 5.32. The van der Waals surface area contributed by atoms with E-state index in [0.29, 0.717) is 5.92 Å². The van der Waals surface area contributed by atoms with E-state index < -0.39 is 5.85 Å². The Bertz CT molecular complexity index is 479. The van der Waals surface area contributed by atoms with Gasteiger partial charge in [-0.25, -0.2) is 0 Å². The monoisotopic (exact) mass is 262 g/mol. The van der Waals surface area contributed by atoms with E-state index in [2.05, 4.69) is 22.6 Å². The summed E-state index contributed by atoms with van der Waals surface area (Å²) < 4.78 is 5.94. The molecule has 0 saturated carbocycles. The fourth-order valence-electron chi connectivity index (χ4n) is 2.85. The van der Waals surface area contributed by atoms with Crippen molar-refractivity contribution in [1.29, 1.82) is 0 Å². The van der Waals surface area contributed by atoms with Crippen LogP contribution in [0.15, 0.2) is 18.2 Å². The van der Waals surface area contributed by atoms with Gasteiger partial charge in [0.1, 0.15) is 5.75 Å². The number of hydrogen-bond acceptors (Lipinski definition) is 5. The van der Waals surface area contributed by atoms with Gasteiger partial charge in [-0.2, -0.15) is 0 Å². The summed E-state index contributed by atoms with van der Waals surface area (Å²) in [5, 5.41) is 6.85. The maximum Gasteiger partial charge on any atom is 0.235 e. The Hall–Kier alpha value is -1.46. The van der Waals surface area contributed by atoms with E-state index in [0.717, 1.165) is 30.2 Å². The van der Waals surface area contributed by atoms with Gasteiger partial charge in [0.15, 0.2) is 0 Å². The molecular formula is C14H22N4O. The molecule has 0 aromatic heterocycles. The molecule has 0 radical (unpaired) electrons. The van der Waals surface area contributed by atoms with Crippen LogP contribution in [-0.2, 0) is 0 Å². The lowest BCUT2D eigenvalue weighted by Gasteiger charge is -2.27. The smallest absolute Gasteiger partial charge is 0.235 e. The summed E-state index contributed by atoms with van der Waals surface area (Å²) >= 11 is 0. The van der Waals surface area contributed by atoms with Crippen molar-refractivity contribution in [3.05, 3.63) is 18.2 Å². The summed E-state index contributed by atoms with van der Waals surface area (Å²) in [6, 6.07) is 5.68. The van der Waals surface area contributed by atoms with Gasteiger partial charge in [0.25, 0.3) is 0 Å². The molecule has 104 valence electrons. The first-order valence-electron chi connectivity index (χ1n) is 6.84. The highest BCUT2D eigenvalue weighted by Gasteiger charge is 2.34. The molecule has 1 fully saturated rings. The zero-order chi connectivity index (χ0) is 13.5. The molecule has 4 N–H and O–H groups in total. The molecule has 2 heterocycles. The number of nitrogens with one attached hydrogen (secondary N) is 2. The number of fused-ring (bicyclic) bond motifs is 1. The number of likely N-dealkylation sites (tertiary alicyclic amines) is 1. The van der Waals surface area contributed by atoms with Gasteiger partial charge in [0, 0.05) is 25.7 Å². The van der Waals surface area contributed by atoms with Gasteiger partial charge in [-0.15, -0.1) is 0 Å². The topological polar surface area (TPSA) is 62.5 Å². The molecular weight excluding hydrogens is 240 g/mol. The van der Waals surface area contributed by atoms with Crippen molar-refractivity contribution in [2.24, 2.45) is 5.92 Å². The van der Waals surface area contributed by atoms with Gasteiger partial charge < -0.3 is 20.7 Å². The largest absolute Gasteiger partial charge is 0.453 e. The van der Waals surface area contributed by atoms with Crippen LogP contribution in [0.25, 0.3) is 0 Å². The molecule has 0 aliphatic carbocycles. The van der Waals surface area contributed by atoms with Crippen LogP contribution in [0.5, 0.6) is 5.75 Å². The highest BCUT2D eigenvalue weighted by atomic mass is 16.5. The minimum absolute atomic E-state index is 0.530. The third-order valence-corrected chi connectivity index (χ3v) is 3.91. The van der Waals surface area contributed by atoms with E-state index in [4.69, 9.17) is 10.5 Å². The number of nitrogen functional groups attached to an aromatic ring is 1. The average molecular weight is 262 g/mol. The van der Waals surface area contributed by atoms with Gasteiger partial charge in [0.2, 0.25) is 5.85 Å². The first-order valence-corrected chi connectivity index (χ1v) is 6.84. The van der Waals surface area contributed by atoms with Crippen molar-refractivity contribution >= 4 is 11.4 Å². The first-order chi connectivity index (χ1) is 9.04.